The van der Waals surface area contributed by atoms with Gasteiger partial charge in [0.05, 0.1) is 17.7 Å². The highest BCUT2D eigenvalue weighted by Gasteiger charge is 2.31. The Kier molecular flexibility index (Phi) is 4.33. The van der Waals surface area contributed by atoms with Gasteiger partial charge in [-0.3, -0.25) is 4.79 Å². The average molecular weight is 282 g/mol. The molecule has 3 nitrogen and oxygen atoms in total. The van der Waals surface area contributed by atoms with Gasteiger partial charge in [0.1, 0.15) is 11.6 Å². The molecule has 8 heteroatoms. The van der Waals surface area contributed by atoms with E-state index in [1.807, 2.05) is 5.32 Å². The molecule has 106 valence electrons. The minimum absolute atomic E-state index is 0.401. The third kappa shape index (κ3) is 4.38. The molecule has 0 aromatic heterocycles. The van der Waals surface area contributed by atoms with Gasteiger partial charge in [-0.25, -0.2) is 8.78 Å². The lowest BCUT2D eigenvalue weighted by Gasteiger charge is -2.16. The third-order valence-electron chi connectivity index (χ3n) is 2.25. The van der Waals surface area contributed by atoms with Crippen LogP contribution < -0.4 is 11.1 Å². The van der Waals surface area contributed by atoms with Crippen LogP contribution in [-0.2, 0) is 0 Å². The second-order valence-corrected chi connectivity index (χ2v) is 4.05. The molecule has 1 unspecified atom stereocenters. The molecule has 0 saturated heterocycles. The molecule has 0 aliphatic carbocycles. The second-order valence-electron chi connectivity index (χ2n) is 4.05. The summed E-state index contributed by atoms with van der Waals surface area (Å²) in [4.78, 5) is 11.5. The van der Waals surface area contributed by atoms with Crippen molar-refractivity contribution in [2.75, 3.05) is 5.73 Å². The molecule has 1 aromatic carbocycles. The summed E-state index contributed by atoms with van der Waals surface area (Å²) in [6.07, 6.45) is -5.70. The second kappa shape index (κ2) is 5.41. The van der Waals surface area contributed by atoms with Crippen molar-refractivity contribution >= 4 is 11.6 Å². The third-order valence-corrected chi connectivity index (χ3v) is 2.25. The van der Waals surface area contributed by atoms with Gasteiger partial charge in [0.15, 0.2) is 0 Å². The summed E-state index contributed by atoms with van der Waals surface area (Å²) in [7, 11) is 0. The molecule has 1 atom stereocenters. The van der Waals surface area contributed by atoms with E-state index in [2.05, 4.69) is 0 Å². The number of anilines is 1. The first-order valence-electron chi connectivity index (χ1n) is 5.22. The molecule has 0 fully saturated rings. The van der Waals surface area contributed by atoms with Crippen molar-refractivity contribution < 1.29 is 26.7 Å². The Bertz CT molecular complexity index is 487. The highest BCUT2D eigenvalue weighted by Crippen LogP contribution is 2.22. The Balaban J connectivity index is 2.82. The zero-order valence-electron chi connectivity index (χ0n) is 9.81. The highest BCUT2D eigenvalue weighted by atomic mass is 19.4. The summed E-state index contributed by atoms with van der Waals surface area (Å²) < 4.78 is 62.3. The average Bonchev–Trinajstić information content (AvgIpc) is 2.20. The van der Waals surface area contributed by atoms with Crippen molar-refractivity contribution in [2.24, 2.45) is 0 Å². The normalized spacial score (nSPS) is 13.2. The topological polar surface area (TPSA) is 55.1 Å². The summed E-state index contributed by atoms with van der Waals surface area (Å²) in [6, 6.07) is -0.0999. The molecule has 0 saturated carbocycles. The van der Waals surface area contributed by atoms with E-state index >= 15 is 0 Å². The first-order chi connectivity index (χ1) is 8.60. The lowest BCUT2D eigenvalue weighted by molar-refractivity contribution is -0.138. The number of nitrogens with two attached hydrogens (primary N) is 1. The fourth-order valence-corrected chi connectivity index (χ4v) is 1.44. The maximum Gasteiger partial charge on any atom is 0.391 e. The van der Waals surface area contributed by atoms with Crippen LogP contribution >= 0.6 is 0 Å². The SMILES string of the molecule is CC(CC(F)(F)F)NC(=O)c1cc(N)c(F)cc1F. The van der Waals surface area contributed by atoms with Gasteiger partial charge in [0.25, 0.3) is 5.91 Å². The number of nitrogens with one attached hydrogen (secondary N) is 1. The number of amides is 1. The molecule has 0 spiro atoms. The van der Waals surface area contributed by atoms with E-state index in [-0.39, 0.29) is 0 Å². The number of carbonyl (C=O) groups excluding carboxylic acids is 1. The monoisotopic (exact) mass is 282 g/mol. The van der Waals surface area contributed by atoms with Gasteiger partial charge in [-0.1, -0.05) is 0 Å². The molecule has 1 amide bonds. The number of carbonyl (C=O) groups is 1. The first-order valence-corrected chi connectivity index (χ1v) is 5.22. The molecule has 0 bridgehead atoms. The van der Waals surface area contributed by atoms with Crippen LogP contribution in [-0.4, -0.2) is 18.1 Å². The van der Waals surface area contributed by atoms with Crippen LogP contribution in [0.1, 0.15) is 23.7 Å². The number of hydrogen-bond acceptors (Lipinski definition) is 2. The summed E-state index contributed by atoms with van der Waals surface area (Å²) in [5, 5.41) is 1.96. The fourth-order valence-electron chi connectivity index (χ4n) is 1.44. The number of rotatable bonds is 3. The quantitative estimate of drug-likeness (QED) is 0.661. The maximum absolute atomic E-state index is 13.3. The molecule has 0 radical (unpaired) electrons. The van der Waals surface area contributed by atoms with Gasteiger partial charge >= 0.3 is 6.18 Å². The Hall–Kier alpha value is -1.86. The fraction of sp³-hybridized carbons (Fsp3) is 0.364. The van der Waals surface area contributed by atoms with Crippen molar-refractivity contribution in [3.63, 3.8) is 0 Å². The number of benzene rings is 1. The van der Waals surface area contributed by atoms with Gasteiger partial charge in [-0.05, 0) is 13.0 Å². The van der Waals surface area contributed by atoms with Crippen molar-refractivity contribution in [1.82, 2.24) is 5.32 Å². The van der Waals surface area contributed by atoms with E-state index in [4.69, 9.17) is 5.73 Å². The zero-order chi connectivity index (χ0) is 14.8. The van der Waals surface area contributed by atoms with Crippen LogP contribution in [0.5, 0.6) is 0 Å². The molecule has 1 rings (SSSR count). The van der Waals surface area contributed by atoms with Crippen molar-refractivity contribution in [3.8, 4) is 0 Å². The smallest absolute Gasteiger partial charge is 0.391 e. The van der Waals surface area contributed by atoms with E-state index in [1.54, 1.807) is 0 Å². The van der Waals surface area contributed by atoms with Crippen LogP contribution in [0.4, 0.5) is 27.6 Å². The first kappa shape index (κ1) is 15.2. The minimum Gasteiger partial charge on any atom is -0.396 e. The van der Waals surface area contributed by atoms with Gasteiger partial charge in [-0.2, -0.15) is 13.2 Å². The van der Waals surface area contributed by atoms with Gasteiger partial charge < -0.3 is 11.1 Å². The van der Waals surface area contributed by atoms with Gasteiger partial charge in [0, 0.05) is 12.1 Å². The Morgan fingerprint density at radius 1 is 1.32 bits per heavy atom. The standard InChI is InChI=1S/C11H11F5N2O/c1-5(4-11(14,15)16)18-10(19)6-2-9(17)8(13)3-7(6)12/h2-3,5H,4,17H2,1H3,(H,18,19). The number of nitrogen functional groups attached to an aromatic ring is 1. The van der Waals surface area contributed by atoms with E-state index in [0.717, 1.165) is 13.0 Å². The lowest BCUT2D eigenvalue weighted by atomic mass is 10.1. The van der Waals surface area contributed by atoms with E-state index in [1.165, 1.54) is 0 Å². The van der Waals surface area contributed by atoms with Crippen LogP contribution in [0.25, 0.3) is 0 Å². The molecular formula is C11H11F5N2O. The number of alkyl halides is 3. The van der Waals surface area contributed by atoms with Crippen LogP contribution in [0.15, 0.2) is 12.1 Å². The Labute approximate surface area is 105 Å². The van der Waals surface area contributed by atoms with E-state index in [0.29, 0.717) is 6.07 Å². The van der Waals surface area contributed by atoms with Gasteiger partial charge in [-0.15, -0.1) is 0 Å². The Morgan fingerprint density at radius 2 is 1.89 bits per heavy atom. The summed E-state index contributed by atoms with van der Waals surface area (Å²) in [5.74, 6) is -3.32. The van der Waals surface area contributed by atoms with Crippen molar-refractivity contribution in [3.05, 3.63) is 29.3 Å². The molecule has 1 aromatic rings. The van der Waals surface area contributed by atoms with Crippen LogP contribution in [0.3, 0.4) is 0 Å². The molecule has 0 aliphatic heterocycles. The summed E-state index contributed by atoms with van der Waals surface area (Å²) in [5.41, 5.74) is 4.09. The number of halogens is 5. The summed E-state index contributed by atoms with van der Waals surface area (Å²) >= 11 is 0. The highest BCUT2D eigenvalue weighted by molar-refractivity contribution is 5.95. The van der Waals surface area contributed by atoms with E-state index in [9.17, 15) is 26.7 Å². The van der Waals surface area contributed by atoms with Gasteiger partial charge in [0.2, 0.25) is 0 Å². The maximum atomic E-state index is 13.3. The molecular weight excluding hydrogens is 271 g/mol. The van der Waals surface area contributed by atoms with Crippen molar-refractivity contribution in [1.29, 1.82) is 0 Å². The molecule has 0 heterocycles. The molecule has 0 aliphatic rings. The minimum atomic E-state index is -4.45. The van der Waals surface area contributed by atoms with Crippen LogP contribution in [0.2, 0.25) is 0 Å². The predicted molar refractivity (Wildman–Crippen MR) is 58.4 cm³/mol. The van der Waals surface area contributed by atoms with E-state index < -0.39 is 47.4 Å². The zero-order valence-corrected chi connectivity index (χ0v) is 9.81. The van der Waals surface area contributed by atoms with Crippen LogP contribution in [0, 0.1) is 11.6 Å². The lowest BCUT2D eigenvalue weighted by Crippen LogP contribution is -2.36. The number of hydrogen-bond donors (Lipinski definition) is 2. The molecule has 3 N–H and O–H groups in total. The largest absolute Gasteiger partial charge is 0.396 e. The summed E-state index contributed by atoms with van der Waals surface area (Å²) in [6.45, 7) is 1.12. The predicted octanol–water partition coefficient (Wildman–Crippen LogP) is 2.62. The van der Waals surface area contributed by atoms with Crippen molar-refractivity contribution in [2.45, 2.75) is 25.6 Å². The Morgan fingerprint density at radius 3 is 2.42 bits per heavy atom. The molecule has 19 heavy (non-hydrogen) atoms.